The summed E-state index contributed by atoms with van der Waals surface area (Å²) in [5, 5.41) is 2.69. The van der Waals surface area contributed by atoms with Crippen LogP contribution in [0, 0.1) is 13.8 Å². The number of anilines is 1. The summed E-state index contributed by atoms with van der Waals surface area (Å²) in [5.74, 6) is -0.369. The molecule has 0 unspecified atom stereocenters. The zero-order valence-electron chi connectivity index (χ0n) is 17.4. The molecule has 0 spiro atoms. The SMILES string of the molecule is Cc1cc(C(=O)OCC(=O)Nc2cc(S(=O)(=O)N3CCCCCC3)ccc2Cl)c(C)o1. The summed E-state index contributed by atoms with van der Waals surface area (Å²) < 4.78 is 37.7. The van der Waals surface area contributed by atoms with E-state index in [1.54, 1.807) is 13.8 Å². The molecular formula is C21H25ClN2O6S. The van der Waals surface area contributed by atoms with Crippen LogP contribution in [-0.2, 0) is 19.6 Å². The molecule has 1 aromatic heterocycles. The van der Waals surface area contributed by atoms with Crippen molar-refractivity contribution in [3.63, 3.8) is 0 Å². The van der Waals surface area contributed by atoms with Crippen LogP contribution in [0.3, 0.4) is 0 Å². The van der Waals surface area contributed by atoms with E-state index in [0.717, 1.165) is 25.7 Å². The number of hydrogen-bond donors (Lipinski definition) is 1. The molecule has 0 saturated carbocycles. The zero-order chi connectivity index (χ0) is 22.6. The molecule has 3 rings (SSSR count). The van der Waals surface area contributed by atoms with Crippen LogP contribution in [0.4, 0.5) is 5.69 Å². The van der Waals surface area contributed by atoms with Gasteiger partial charge in [-0.05, 0) is 51.0 Å². The molecule has 1 amide bonds. The Labute approximate surface area is 186 Å². The Balaban J connectivity index is 1.68. The summed E-state index contributed by atoms with van der Waals surface area (Å²) >= 11 is 6.14. The minimum atomic E-state index is -3.70. The number of carbonyl (C=O) groups excluding carboxylic acids is 2. The third-order valence-corrected chi connectivity index (χ3v) is 7.23. The van der Waals surface area contributed by atoms with Gasteiger partial charge in [-0.25, -0.2) is 13.2 Å². The lowest BCUT2D eigenvalue weighted by Crippen LogP contribution is -2.32. The molecule has 1 aliphatic rings. The maximum atomic E-state index is 13.0. The van der Waals surface area contributed by atoms with Crippen LogP contribution in [0.5, 0.6) is 0 Å². The molecule has 0 radical (unpaired) electrons. The van der Waals surface area contributed by atoms with Gasteiger partial charge >= 0.3 is 5.97 Å². The van der Waals surface area contributed by atoms with Gasteiger partial charge in [0.1, 0.15) is 17.1 Å². The Bertz CT molecular complexity index is 1070. The van der Waals surface area contributed by atoms with Gasteiger partial charge < -0.3 is 14.5 Å². The Kier molecular flexibility index (Phi) is 7.40. The molecule has 31 heavy (non-hydrogen) atoms. The Morgan fingerprint density at radius 1 is 1.13 bits per heavy atom. The maximum Gasteiger partial charge on any atom is 0.342 e. The zero-order valence-corrected chi connectivity index (χ0v) is 19.0. The normalized spacial score (nSPS) is 15.3. The van der Waals surface area contributed by atoms with Crippen LogP contribution in [0.25, 0.3) is 0 Å². The van der Waals surface area contributed by atoms with Crippen molar-refractivity contribution in [3.8, 4) is 0 Å². The molecule has 1 aliphatic heterocycles. The summed E-state index contributed by atoms with van der Waals surface area (Å²) in [4.78, 5) is 24.4. The number of esters is 1. The molecule has 0 bridgehead atoms. The minimum Gasteiger partial charge on any atom is -0.466 e. The van der Waals surface area contributed by atoms with Gasteiger partial charge in [0.2, 0.25) is 10.0 Å². The van der Waals surface area contributed by atoms with Gasteiger partial charge in [-0.3, -0.25) is 4.79 Å². The van der Waals surface area contributed by atoms with Gasteiger partial charge in [-0.2, -0.15) is 4.31 Å². The third-order valence-electron chi connectivity index (χ3n) is 5.01. The first-order chi connectivity index (χ1) is 14.7. The van der Waals surface area contributed by atoms with Crippen molar-refractivity contribution in [1.29, 1.82) is 0 Å². The molecule has 0 atom stereocenters. The summed E-state index contributed by atoms with van der Waals surface area (Å²) in [5.41, 5.74) is 0.378. The second kappa shape index (κ2) is 9.84. The van der Waals surface area contributed by atoms with Crippen LogP contribution < -0.4 is 5.32 Å². The fourth-order valence-electron chi connectivity index (χ4n) is 3.42. The number of hydrogen-bond acceptors (Lipinski definition) is 6. The predicted molar refractivity (Wildman–Crippen MR) is 116 cm³/mol. The first-order valence-electron chi connectivity index (χ1n) is 10.0. The van der Waals surface area contributed by atoms with Crippen molar-refractivity contribution in [3.05, 3.63) is 46.4 Å². The van der Waals surface area contributed by atoms with Gasteiger partial charge in [0.15, 0.2) is 6.61 Å². The van der Waals surface area contributed by atoms with Gasteiger partial charge in [0.25, 0.3) is 5.91 Å². The van der Waals surface area contributed by atoms with Crippen molar-refractivity contribution in [1.82, 2.24) is 4.31 Å². The molecule has 1 aromatic carbocycles. The van der Waals surface area contributed by atoms with Crippen LogP contribution in [0.2, 0.25) is 5.02 Å². The number of halogens is 1. The lowest BCUT2D eigenvalue weighted by Gasteiger charge is -2.20. The maximum absolute atomic E-state index is 13.0. The van der Waals surface area contributed by atoms with E-state index in [9.17, 15) is 18.0 Å². The summed E-state index contributed by atoms with van der Waals surface area (Å²) in [6.07, 6.45) is 3.64. The average Bonchev–Trinajstić information content (AvgIpc) is 2.91. The number of rotatable bonds is 6. The van der Waals surface area contributed by atoms with Crippen molar-refractivity contribution in [2.75, 3.05) is 25.0 Å². The molecule has 1 saturated heterocycles. The van der Waals surface area contributed by atoms with Gasteiger partial charge in [0.05, 0.1) is 15.6 Å². The summed E-state index contributed by atoms with van der Waals surface area (Å²) in [6, 6.07) is 5.70. The van der Waals surface area contributed by atoms with Gasteiger partial charge in [-0.15, -0.1) is 0 Å². The van der Waals surface area contributed by atoms with E-state index in [2.05, 4.69) is 5.32 Å². The number of nitrogens with zero attached hydrogens (tertiary/aromatic N) is 1. The highest BCUT2D eigenvalue weighted by Gasteiger charge is 2.26. The number of nitrogens with one attached hydrogen (secondary N) is 1. The van der Waals surface area contributed by atoms with E-state index in [-0.39, 0.29) is 21.2 Å². The van der Waals surface area contributed by atoms with E-state index in [1.165, 1.54) is 28.6 Å². The van der Waals surface area contributed by atoms with Crippen LogP contribution in [0.15, 0.2) is 33.6 Å². The Hall–Kier alpha value is -2.36. The Morgan fingerprint density at radius 2 is 1.81 bits per heavy atom. The largest absolute Gasteiger partial charge is 0.466 e. The molecule has 0 aliphatic carbocycles. The molecule has 2 aromatic rings. The quantitative estimate of drug-likeness (QED) is 0.644. The van der Waals surface area contributed by atoms with Crippen molar-refractivity contribution < 1.29 is 27.2 Å². The topological polar surface area (TPSA) is 106 Å². The third kappa shape index (κ3) is 5.66. The van der Waals surface area contributed by atoms with Crippen molar-refractivity contribution in [2.24, 2.45) is 0 Å². The van der Waals surface area contributed by atoms with E-state index in [4.69, 9.17) is 20.8 Å². The van der Waals surface area contributed by atoms with E-state index >= 15 is 0 Å². The number of sulfonamides is 1. The number of aryl methyl sites for hydroxylation is 2. The smallest absolute Gasteiger partial charge is 0.342 e. The standard InChI is InChI=1S/C21H25ClN2O6S/c1-14-11-17(15(2)30-14)21(26)29-13-20(25)23-19-12-16(7-8-18(19)22)31(27,28)24-9-5-3-4-6-10-24/h7-8,11-12H,3-6,9-10,13H2,1-2H3,(H,23,25). The first kappa shape index (κ1) is 23.3. The Morgan fingerprint density at radius 3 is 2.42 bits per heavy atom. The van der Waals surface area contributed by atoms with Crippen LogP contribution >= 0.6 is 11.6 Å². The fraction of sp³-hybridized carbons (Fsp3) is 0.429. The van der Waals surface area contributed by atoms with Crippen molar-refractivity contribution in [2.45, 2.75) is 44.4 Å². The number of furan rings is 1. The molecule has 168 valence electrons. The summed E-state index contributed by atoms with van der Waals surface area (Å²) in [6.45, 7) is 3.71. The second-order valence-electron chi connectivity index (χ2n) is 7.41. The highest BCUT2D eigenvalue weighted by molar-refractivity contribution is 7.89. The summed E-state index contributed by atoms with van der Waals surface area (Å²) in [7, 11) is -3.70. The number of ether oxygens (including phenoxy) is 1. The molecule has 2 heterocycles. The number of benzene rings is 1. The first-order valence-corrected chi connectivity index (χ1v) is 11.8. The number of carbonyl (C=O) groups is 2. The lowest BCUT2D eigenvalue weighted by molar-refractivity contribution is -0.119. The minimum absolute atomic E-state index is 0.0515. The molecule has 1 fully saturated rings. The van der Waals surface area contributed by atoms with Crippen LogP contribution in [0.1, 0.15) is 47.6 Å². The number of amides is 1. The highest BCUT2D eigenvalue weighted by atomic mass is 35.5. The monoisotopic (exact) mass is 468 g/mol. The highest BCUT2D eigenvalue weighted by Crippen LogP contribution is 2.28. The predicted octanol–water partition coefficient (Wildman–Crippen LogP) is 3.91. The van der Waals surface area contributed by atoms with Crippen LogP contribution in [-0.4, -0.2) is 44.3 Å². The fourth-order valence-corrected chi connectivity index (χ4v) is 5.13. The lowest BCUT2D eigenvalue weighted by atomic mass is 10.2. The van der Waals surface area contributed by atoms with Gasteiger partial charge in [0, 0.05) is 13.1 Å². The average molecular weight is 469 g/mol. The van der Waals surface area contributed by atoms with E-state index in [0.29, 0.717) is 24.6 Å². The molecular weight excluding hydrogens is 444 g/mol. The molecule has 1 N–H and O–H groups in total. The van der Waals surface area contributed by atoms with E-state index < -0.39 is 28.5 Å². The van der Waals surface area contributed by atoms with Gasteiger partial charge in [-0.1, -0.05) is 24.4 Å². The van der Waals surface area contributed by atoms with Crippen molar-refractivity contribution >= 4 is 39.2 Å². The second-order valence-corrected chi connectivity index (χ2v) is 9.76. The molecule has 10 heteroatoms. The molecule has 8 nitrogen and oxygen atoms in total. The van der Waals surface area contributed by atoms with E-state index in [1.807, 2.05) is 0 Å².